The van der Waals surface area contributed by atoms with Crippen LogP contribution in [-0.4, -0.2) is 48.7 Å². The van der Waals surface area contributed by atoms with E-state index in [-0.39, 0.29) is 12.0 Å². The zero-order chi connectivity index (χ0) is 12.0. The maximum absolute atomic E-state index is 12.6. The monoisotopic (exact) mass is 238 g/mol. The summed E-state index contributed by atoms with van der Waals surface area (Å²) in [5, 5.41) is 3.40. The largest absolute Gasteiger partial charge is 0.378 e. The standard InChI is InChI=1S/C13H22N2O2/c1-8-3-10-5-14-6-12(10)15(8)13(16)11-4-9(2)17-7-11/h8-12,14H,3-7H2,1-2H3. The summed E-state index contributed by atoms with van der Waals surface area (Å²) < 4.78 is 5.53. The molecule has 1 amide bonds. The first kappa shape index (κ1) is 11.5. The van der Waals surface area contributed by atoms with Crippen LogP contribution in [0.25, 0.3) is 0 Å². The molecule has 1 N–H and O–H groups in total. The summed E-state index contributed by atoms with van der Waals surface area (Å²) in [4.78, 5) is 14.7. The van der Waals surface area contributed by atoms with Crippen molar-refractivity contribution in [2.24, 2.45) is 11.8 Å². The van der Waals surface area contributed by atoms with E-state index in [0.717, 1.165) is 25.9 Å². The molecule has 96 valence electrons. The molecule has 3 aliphatic rings. The SMILES string of the molecule is CC1CC(C(=O)N2C(C)CC3CNCC32)CO1. The third-order valence-corrected chi connectivity index (χ3v) is 4.58. The first-order valence-corrected chi connectivity index (χ1v) is 6.81. The first-order chi connectivity index (χ1) is 8.16. The minimum absolute atomic E-state index is 0.104. The van der Waals surface area contributed by atoms with E-state index in [4.69, 9.17) is 4.74 Å². The fourth-order valence-corrected chi connectivity index (χ4v) is 3.74. The van der Waals surface area contributed by atoms with Gasteiger partial charge in [0.1, 0.15) is 0 Å². The summed E-state index contributed by atoms with van der Waals surface area (Å²) >= 11 is 0. The summed E-state index contributed by atoms with van der Waals surface area (Å²) in [6.07, 6.45) is 2.30. The molecule has 0 aromatic heterocycles. The minimum Gasteiger partial charge on any atom is -0.378 e. The van der Waals surface area contributed by atoms with Crippen LogP contribution in [0.2, 0.25) is 0 Å². The number of ether oxygens (including phenoxy) is 1. The van der Waals surface area contributed by atoms with Crippen LogP contribution in [0.15, 0.2) is 0 Å². The van der Waals surface area contributed by atoms with Crippen molar-refractivity contribution in [3.8, 4) is 0 Å². The third kappa shape index (κ3) is 1.87. The lowest BCUT2D eigenvalue weighted by atomic mass is 10.0. The van der Waals surface area contributed by atoms with Gasteiger partial charge in [-0.2, -0.15) is 0 Å². The normalized spacial score (nSPS) is 45.3. The molecule has 4 nitrogen and oxygen atoms in total. The zero-order valence-corrected chi connectivity index (χ0v) is 10.7. The summed E-state index contributed by atoms with van der Waals surface area (Å²) in [6, 6.07) is 0.851. The fraction of sp³-hybridized carbons (Fsp3) is 0.923. The van der Waals surface area contributed by atoms with E-state index in [1.54, 1.807) is 0 Å². The second-order valence-corrected chi connectivity index (χ2v) is 5.89. The van der Waals surface area contributed by atoms with E-state index in [1.165, 1.54) is 0 Å². The number of likely N-dealkylation sites (tertiary alicyclic amines) is 1. The lowest BCUT2D eigenvalue weighted by Crippen LogP contribution is -2.46. The van der Waals surface area contributed by atoms with Crippen LogP contribution >= 0.6 is 0 Å². The molecule has 17 heavy (non-hydrogen) atoms. The molecular formula is C13H22N2O2. The van der Waals surface area contributed by atoms with Gasteiger partial charge in [0.2, 0.25) is 5.91 Å². The smallest absolute Gasteiger partial charge is 0.228 e. The molecule has 0 spiro atoms. The number of fused-ring (bicyclic) bond motifs is 1. The number of carbonyl (C=O) groups is 1. The van der Waals surface area contributed by atoms with Crippen molar-refractivity contribution in [2.75, 3.05) is 19.7 Å². The topological polar surface area (TPSA) is 41.6 Å². The summed E-state index contributed by atoms with van der Waals surface area (Å²) in [5.74, 6) is 1.11. The third-order valence-electron chi connectivity index (χ3n) is 4.58. The molecule has 3 heterocycles. The molecule has 5 atom stereocenters. The maximum Gasteiger partial charge on any atom is 0.228 e. The molecular weight excluding hydrogens is 216 g/mol. The highest BCUT2D eigenvalue weighted by Crippen LogP contribution is 2.34. The van der Waals surface area contributed by atoms with E-state index >= 15 is 0 Å². The average Bonchev–Trinajstić information content (AvgIpc) is 2.92. The molecule has 3 saturated heterocycles. The maximum atomic E-state index is 12.6. The molecule has 0 bridgehead atoms. The Morgan fingerprint density at radius 1 is 1.29 bits per heavy atom. The number of hydrogen-bond acceptors (Lipinski definition) is 3. The fourth-order valence-electron chi connectivity index (χ4n) is 3.74. The van der Waals surface area contributed by atoms with E-state index in [9.17, 15) is 4.79 Å². The van der Waals surface area contributed by atoms with Gasteiger partial charge in [0, 0.05) is 25.2 Å². The summed E-state index contributed by atoms with van der Waals surface area (Å²) in [5.41, 5.74) is 0. The quantitative estimate of drug-likeness (QED) is 0.728. The van der Waals surface area contributed by atoms with Crippen molar-refractivity contribution in [3.63, 3.8) is 0 Å². The van der Waals surface area contributed by atoms with E-state index < -0.39 is 0 Å². The molecule has 0 radical (unpaired) electrons. The Morgan fingerprint density at radius 3 is 2.82 bits per heavy atom. The van der Waals surface area contributed by atoms with Crippen LogP contribution < -0.4 is 5.32 Å². The van der Waals surface area contributed by atoms with Crippen LogP contribution in [0.4, 0.5) is 0 Å². The molecule has 0 saturated carbocycles. The van der Waals surface area contributed by atoms with Crippen molar-refractivity contribution < 1.29 is 9.53 Å². The first-order valence-electron chi connectivity index (χ1n) is 6.81. The summed E-state index contributed by atoms with van der Waals surface area (Å²) in [6.45, 7) is 6.92. The van der Waals surface area contributed by atoms with Gasteiger partial charge < -0.3 is 15.0 Å². The number of nitrogens with one attached hydrogen (secondary N) is 1. The van der Waals surface area contributed by atoms with Crippen LogP contribution in [0.5, 0.6) is 0 Å². The van der Waals surface area contributed by atoms with E-state index in [0.29, 0.717) is 30.5 Å². The van der Waals surface area contributed by atoms with Gasteiger partial charge in [-0.3, -0.25) is 4.79 Å². The van der Waals surface area contributed by atoms with E-state index in [1.807, 2.05) is 0 Å². The van der Waals surface area contributed by atoms with Gasteiger partial charge in [-0.05, 0) is 32.6 Å². The predicted molar refractivity (Wildman–Crippen MR) is 64.6 cm³/mol. The van der Waals surface area contributed by atoms with Gasteiger partial charge in [-0.1, -0.05) is 0 Å². The lowest BCUT2D eigenvalue weighted by Gasteiger charge is -2.29. The number of rotatable bonds is 1. The second-order valence-electron chi connectivity index (χ2n) is 5.89. The zero-order valence-electron chi connectivity index (χ0n) is 10.7. The van der Waals surface area contributed by atoms with Crippen molar-refractivity contribution in [2.45, 2.75) is 44.9 Å². The molecule has 0 aliphatic carbocycles. The van der Waals surface area contributed by atoms with Gasteiger partial charge in [0.05, 0.1) is 18.6 Å². The Labute approximate surface area is 103 Å². The molecule has 0 aromatic carbocycles. The predicted octanol–water partition coefficient (Wildman–Crippen LogP) is 0.620. The number of hydrogen-bond donors (Lipinski definition) is 1. The molecule has 3 fully saturated rings. The van der Waals surface area contributed by atoms with Crippen LogP contribution in [0.1, 0.15) is 26.7 Å². The second kappa shape index (κ2) is 4.25. The van der Waals surface area contributed by atoms with E-state index in [2.05, 4.69) is 24.1 Å². The Balaban J connectivity index is 1.72. The molecule has 0 aromatic rings. The van der Waals surface area contributed by atoms with Gasteiger partial charge >= 0.3 is 0 Å². The highest BCUT2D eigenvalue weighted by Gasteiger charge is 2.46. The van der Waals surface area contributed by atoms with Gasteiger partial charge in [-0.15, -0.1) is 0 Å². The molecule has 3 rings (SSSR count). The van der Waals surface area contributed by atoms with Gasteiger partial charge in [-0.25, -0.2) is 0 Å². The van der Waals surface area contributed by atoms with Gasteiger partial charge in [0.15, 0.2) is 0 Å². The Morgan fingerprint density at radius 2 is 2.12 bits per heavy atom. The average molecular weight is 238 g/mol. The Bertz CT molecular complexity index is 321. The highest BCUT2D eigenvalue weighted by molar-refractivity contribution is 5.80. The van der Waals surface area contributed by atoms with Crippen LogP contribution in [-0.2, 0) is 9.53 Å². The summed E-state index contributed by atoms with van der Waals surface area (Å²) in [7, 11) is 0. The Hall–Kier alpha value is -0.610. The van der Waals surface area contributed by atoms with Crippen LogP contribution in [0.3, 0.4) is 0 Å². The van der Waals surface area contributed by atoms with Crippen LogP contribution in [0, 0.1) is 11.8 Å². The Kier molecular flexibility index (Phi) is 2.87. The molecule has 4 heteroatoms. The number of amides is 1. The lowest BCUT2D eigenvalue weighted by molar-refractivity contribution is -0.138. The minimum atomic E-state index is 0.104. The van der Waals surface area contributed by atoms with Crippen molar-refractivity contribution in [1.29, 1.82) is 0 Å². The highest BCUT2D eigenvalue weighted by atomic mass is 16.5. The van der Waals surface area contributed by atoms with Gasteiger partial charge in [0.25, 0.3) is 0 Å². The van der Waals surface area contributed by atoms with Crippen molar-refractivity contribution in [3.05, 3.63) is 0 Å². The van der Waals surface area contributed by atoms with Crippen molar-refractivity contribution in [1.82, 2.24) is 10.2 Å². The molecule has 3 aliphatic heterocycles. The van der Waals surface area contributed by atoms with Crippen molar-refractivity contribution >= 4 is 5.91 Å². The number of nitrogens with zero attached hydrogens (tertiary/aromatic N) is 1. The molecule has 5 unspecified atom stereocenters. The number of carbonyl (C=O) groups excluding carboxylic acids is 1.